The molecule has 0 radical (unpaired) electrons. The average molecular weight is 1280 g/mol. The molecule has 14 aromatic carbocycles. The normalized spacial score (nSPS) is 14.3. The number of fused-ring (bicyclic) bond motifs is 12. The molecule has 0 unspecified atom stereocenters. The van der Waals surface area contributed by atoms with E-state index in [1.807, 2.05) is 6.07 Å². The van der Waals surface area contributed by atoms with Gasteiger partial charge in [-0.25, -0.2) is 0 Å². The lowest BCUT2D eigenvalue weighted by Crippen LogP contribution is -2.28. The SMILES string of the molecule is CC1(C)c2ccccc2-c2ccc(-c3ccccc3Br)cc21.CC1(C)c2ccccc2-c2ccc(-c3ccccc3Nc3ccc4c(c3)C(c3ccccc3)(c3ccccc3)c3ccccc3-4)cc21.Nc1ccc2c(c1)C(c1ccccc1)(c1ccccc1)c1ccccc1-2. The predicted molar refractivity (Wildman–Crippen MR) is 402 cm³/mol. The minimum atomic E-state index is -0.424. The van der Waals surface area contributed by atoms with Crippen molar-refractivity contribution in [2.24, 2.45) is 0 Å². The summed E-state index contributed by atoms with van der Waals surface area (Å²) in [5.74, 6) is 0. The Morgan fingerprint density at radius 3 is 1.02 bits per heavy atom. The highest BCUT2D eigenvalue weighted by Crippen LogP contribution is 2.59. The van der Waals surface area contributed by atoms with E-state index in [1.54, 1.807) is 0 Å². The molecule has 4 aliphatic rings. The van der Waals surface area contributed by atoms with Crippen LogP contribution in [0, 0.1) is 0 Å². The van der Waals surface area contributed by atoms with Crippen LogP contribution in [0.3, 0.4) is 0 Å². The summed E-state index contributed by atoms with van der Waals surface area (Å²) in [5, 5.41) is 3.87. The Labute approximate surface area is 567 Å². The predicted octanol–water partition coefficient (Wildman–Crippen LogP) is 23.8. The highest BCUT2D eigenvalue weighted by Gasteiger charge is 2.48. The van der Waals surface area contributed by atoms with E-state index in [0.717, 1.165) is 21.5 Å². The van der Waals surface area contributed by atoms with Crippen molar-refractivity contribution >= 4 is 33.0 Å². The Kier molecular flexibility index (Phi) is 14.7. The molecule has 2 nitrogen and oxygen atoms in total. The average Bonchev–Trinajstić information content (AvgIpc) is 1.59. The van der Waals surface area contributed by atoms with E-state index < -0.39 is 5.41 Å². The van der Waals surface area contributed by atoms with Gasteiger partial charge in [-0.15, -0.1) is 0 Å². The molecule has 0 amide bonds. The Balaban J connectivity index is 0.000000124. The van der Waals surface area contributed by atoms with Gasteiger partial charge in [0, 0.05) is 37.9 Å². The standard InChI is InChI=1S/C46H35N.C25H19N.C21H17Br/c1-45(2)40-22-12-9-20-36(40)38-27-25-31(29-42(38)45)35-19-11-14-24-44(35)47-34-26-28-39-37-21-10-13-23-41(37)46(43(39)30-34,32-15-5-3-6-16-32)33-17-7-4-8-18-33;26-20-15-16-22-21-13-7-8-14-23(21)25(24(22)17-20,18-9-3-1-4-10-18)19-11-5-2-6-12-19;1-21(2)18-9-5-3-8-16(18)17-12-11-14(13-19(17)21)15-7-4-6-10-20(15)22/h3-30,47H,1-2H3;1-17H,26H2;3-13H,1-2H3. The molecule has 0 saturated heterocycles. The van der Waals surface area contributed by atoms with Crippen molar-refractivity contribution in [1.82, 2.24) is 0 Å². The van der Waals surface area contributed by atoms with Crippen LogP contribution in [-0.2, 0) is 21.7 Å². The molecule has 0 heterocycles. The zero-order chi connectivity index (χ0) is 64.5. The highest BCUT2D eigenvalue weighted by molar-refractivity contribution is 9.10. The molecule has 0 aromatic heterocycles. The maximum atomic E-state index is 6.24. The van der Waals surface area contributed by atoms with Gasteiger partial charge in [-0.1, -0.05) is 335 Å². The quantitative estimate of drug-likeness (QED) is 0.149. The first-order chi connectivity index (χ1) is 46.5. The number of benzene rings is 14. The molecular weight excluding hydrogens is 1210 g/mol. The third kappa shape index (κ3) is 9.58. The summed E-state index contributed by atoms with van der Waals surface area (Å²) >= 11 is 3.67. The molecule has 0 bridgehead atoms. The van der Waals surface area contributed by atoms with E-state index in [4.69, 9.17) is 5.73 Å². The van der Waals surface area contributed by atoms with Crippen LogP contribution in [-0.4, -0.2) is 0 Å². The van der Waals surface area contributed by atoms with Crippen molar-refractivity contribution in [2.75, 3.05) is 11.1 Å². The van der Waals surface area contributed by atoms with E-state index in [2.05, 4.69) is 383 Å². The lowest BCUT2D eigenvalue weighted by atomic mass is 9.67. The zero-order valence-corrected chi connectivity index (χ0v) is 55.4. The van der Waals surface area contributed by atoms with E-state index in [-0.39, 0.29) is 16.2 Å². The van der Waals surface area contributed by atoms with Crippen molar-refractivity contribution in [2.45, 2.75) is 49.4 Å². The minimum absolute atomic E-state index is 0.0441. The maximum absolute atomic E-state index is 6.24. The third-order valence-corrected chi connectivity index (χ3v) is 21.5. The first-order valence-corrected chi connectivity index (χ1v) is 33.8. The van der Waals surface area contributed by atoms with Gasteiger partial charge in [0.1, 0.15) is 0 Å². The fourth-order valence-corrected chi connectivity index (χ4v) is 16.9. The van der Waals surface area contributed by atoms with Crippen LogP contribution in [0.5, 0.6) is 0 Å². The van der Waals surface area contributed by atoms with Crippen LogP contribution in [0.1, 0.15) is 94.5 Å². The molecule has 95 heavy (non-hydrogen) atoms. The molecule has 0 aliphatic heterocycles. The van der Waals surface area contributed by atoms with Crippen molar-refractivity contribution in [3.63, 3.8) is 0 Å². The molecule has 3 N–H and O–H groups in total. The highest BCUT2D eigenvalue weighted by atomic mass is 79.9. The van der Waals surface area contributed by atoms with Crippen LogP contribution >= 0.6 is 15.9 Å². The van der Waals surface area contributed by atoms with Crippen LogP contribution in [0.2, 0.25) is 0 Å². The third-order valence-electron chi connectivity index (χ3n) is 20.8. The van der Waals surface area contributed by atoms with Gasteiger partial charge >= 0.3 is 0 Å². The van der Waals surface area contributed by atoms with Gasteiger partial charge < -0.3 is 11.1 Å². The number of nitrogens with two attached hydrogens (primary N) is 1. The number of nitrogens with one attached hydrogen (secondary N) is 1. The second-order valence-electron chi connectivity index (χ2n) is 26.6. The summed E-state index contributed by atoms with van der Waals surface area (Å²) in [5.41, 5.74) is 39.9. The molecule has 14 aromatic rings. The first kappa shape index (κ1) is 59.2. The number of hydrogen-bond donors (Lipinski definition) is 2. The summed E-state index contributed by atoms with van der Waals surface area (Å²) in [4.78, 5) is 0. The molecule has 0 spiro atoms. The summed E-state index contributed by atoms with van der Waals surface area (Å²) < 4.78 is 1.14. The minimum Gasteiger partial charge on any atom is -0.399 e. The Morgan fingerprint density at radius 1 is 0.253 bits per heavy atom. The Morgan fingerprint density at radius 2 is 0.568 bits per heavy atom. The zero-order valence-electron chi connectivity index (χ0n) is 53.8. The second-order valence-corrected chi connectivity index (χ2v) is 27.5. The van der Waals surface area contributed by atoms with Gasteiger partial charge in [-0.05, 0) is 176 Å². The molecule has 456 valence electrons. The summed E-state index contributed by atoms with van der Waals surface area (Å²) in [7, 11) is 0. The lowest BCUT2D eigenvalue weighted by molar-refractivity contribution is 0.660. The van der Waals surface area contributed by atoms with Crippen LogP contribution < -0.4 is 11.1 Å². The second kappa shape index (κ2) is 23.6. The molecule has 0 fully saturated rings. The van der Waals surface area contributed by atoms with Gasteiger partial charge in [0.05, 0.1) is 10.8 Å². The van der Waals surface area contributed by atoms with Crippen molar-refractivity contribution < 1.29 is 0 Å². The smallest absolute Gasteiger partial charge is 0.0714 e. The van der Waals surface area contributed by atoms with Gasteiger partial charge in [0.2, 0.25) is 0 Å². The fraction of sp³-hybridized carbons (Fsp3) is 0.0870. The lowest BCUT2D eigenvalue weighted by Gasteiger charge is -2.34. The van der Waals surface area contributed by atoms with Crippen molar-refractivity contribution in [3.8, 4) is 66.8 Å². The van der Waals surface area contributed by atoms with E-state index in [0.29, 0.717) is 0 Å². The number of nitrogen functional groups attached to an aromatic ring is 1. The van der Waals surface area contributed by atoms with Gasteiger partial charge in [0.25, 0.3) is 0 Å². The van der Waals surface area contributed by atoms with E-state index in [1.165, 1.54) is 134 Å². The Hall–Kier alpha value is -10.8. The maximum Gasteiger partial charge on any atom is 0.0714 e. The van der Waals surface area contributed by atoms with Crippen LogP contribution in [0.4, 0.5) is 17.1 Å². The molecule has 4 aliphatic carbocycles. The molecule has 0 atom stereocenters. The summed E-state index contributed by atoms with van der Waals surface area (Å²) in [6.07, 6.45) is 0. The van der Waals surface area contributed by atoms with Gasteiger partial charge in [-0.2, -0.15) is 0 Å². The number of anilines is 3. The van der Waals surface area contributed by atoms with Crippen LogP contribution in [0.25, 0.3) is 66.8 Å². The van der Waals surface area contributed by atoms with E-state index in [9.17, 15) is 0 Å². The fourth-order valence-electron chi connectivity index (χ4n) is 16.4. The monoisotopic (exact) mass is 1280 g/mol. The first-order valence-electron chi connectivity index (χ1n) is 33.0. The number of halogens is 1. The van der Waals surface area contributed by atoms with Crippen molar-refractivity contribution in [3.05, 3.63) is 411 Å². The van der Waals surface area contributed by atoms with Gasteiger partial charge in [0.15, 0.2) is 0 Å². The summed E-state index contributed by atoms with van der Waals surface area (Å²) in [6, 6.07) is 123. The largest absolute Gasteiger partial charge is 0.399 e. The number of hydrogen-bond acceptors (Lipinski definition) is 2. The number of para-hydroxylation sites is 1. The molecular formula is C92H71BrN2. The molecule has 3 heteroatoms. The Bertz CT molecular complexity index is 5160. The molecule has 18 rings (SSSR count). The van der Waals surface area contributed by atoms with Crippen LogP contribution in [0.15, 0.2) is 344 Å². The van der Waals surface area contributed by atoms with Gasteiger partial charge in [-0.3, -0.25) is 0 Å². The van der Waals surface area contributed by atoms with Crippen molar-refractivity contribution in [1.29, 1.82) is 0 Å². The topological polar surface area (TPSA) is 38.0 Å². The molecule has 0 saturated carbocycles. The van der Waals surface area contributed by atoms with E-state index >= 15 is 0 Å². The number of rotatable bonds is 8. The summed E-state index contributed by atoms with van der Waals surface area (Å²) in [6.45, 7) is 9.34.